The number of ether oxygens (including phenoxy) is 2. The zero-order valence-corrected chi connectivity index (χ0v) is 15.6. The summed E-state index contributed by atoms with van der Waals surface area (Å²) in [5.41, 5.74) is 3.00. The highest BCUT2D eigenvalue weighted by molar-refractivity contribution is 6.02. The van der Waals surface area contributed by atoms with E-state index in [1.807, 2.05) is 25.1 Å². The van der Waals surface area contributed by atoms with E-state index < -0.39 is 11.9 Å². The van der Waals surface area contributed by atoms with Crippen molar-refractivity contribution in [2.24, 2.45) is 5.92 Å². The van der Waals surface area contributed by atoms with E-state index in [1.165, 1.54) is 12.2 Å². The minimum absolute atomic E-state index is 0.295. The van der Waals surface area contributed by atoms with Crippen LogP contribution >= 0.6 is 0 Å². The van der Waals surface area contributed by atoms with Gasteiger partial charge in [0.2, 0.25) is 0 Å². The largest absolute Gasteiger partial charge is 0.422 e. The molecule has 0 aromatic heterocycles. The molecular formula is C23H22O4. The quantitative estimate of drug-likeness (QED) is 0.439. The van der Waals surface area contributed by atoms with Crippen LogP contribution in [0.1, 0.15) is 48.3 Å². The average molecular weight is 362 g/mol. The third-order valence-corrected chi connectivity index (χ3v) is 5.92. The minimum Gasteiger partial charge on any atom is -0.422 e. The summed E-state index contributed by atoms with van der Waals surface area (Å²) in [6.07, 6.45) is 4.39. The van der Waals surface area contributed by atoms with Crippen molar-refractivity contribution in [3.05, 3.63) is 60.2 Å². The Balaban J connectivity index is 2.09. The van der Waals surface area contributed by atoms with E-state index in [1.54, 1.807) is 0 Å². The molecule has 3 atom stereocenters. The summed E-state index contributed by atoms with van der Waals surface area (Å²) in [7, 11) is 0. The third kappa shape index (κ3) is 2.59. The number of carbonyl (C=O) groups is 2. The molecule has 0 radical (unpaired) electrons. The van der Waals surface area contributed by atoms with E-state index in [0.29, 0.717) is 29.3 Å². The van der Waals surface area contributed by atoms with Crippen LogP contribution in [0.4, 0.5) is 0 Å². The molecule has 2 bridgehead atoms. The second-order valence-corrected chi connectivity index (χ2v) is 7.49. The number of carbonyl (C=O) groups excluding carboxylic acids is 2. The summed E-state index contributed by atoms with van der Waals surface area (Å²) in [6, 6.07) is 5.80. The van der Waals surface area contributed by atoms with Gasteiger partial charge >= 0.3 is 11.9 Å². The molecule has 138 valence electrons. The Morgan fingerprint density at radius 3 is 2.37 bits per heavy atom. The van der Waals surface area contributed by atoms with Gasteiger partial charge in [-0.25, -0.2) is 9.59 Å². The lowest BCUT2D eigenvalue weighted by atomic mass is 9.81. The first-order valence-electron chi connectivity index (χ1n) is 9.23. The fraction of sp³-hybridized carbons (Fsp3) is 0.304. The van der Waals surface area contributed by atoms with E-state index in [0.717, 1.165) is 40.3 Å². The van der Waals surface area contributed by atoms with Crippen molar-refractivity contribution in [2.75, 3.05) is 0 Å². The van der Waals surface area contributed by atoms with Gasteiger partial charge in [0.05, 0.1) is 0 Å². The van der Waals surface area contributed by atoms with Gasteiger partial charge in [-0.15, -0.1) is 0 Å². The molecule has 0 saturated heterocycles. The summed E-state index contributed by atoms with van der Waals surface area (Å²) in [5, 5.41) is 1.61. The highest BCUT2D eigenvalue weighted by Crippen LogP contribution is 2.63. The Labute approximate surface area is 158 Å². The standard InChI is InChI=1S/C23H22O4/c1-5-17(24)26-22-15-9-7-8-12(3)19(15)23(27-18(25)6-2)20-14-10-13(4)16(11-14)21(20)22/h5-9,13-14,16H,1-2,10-11H2,3-4H3. The number of rotatable bonds is 4. The molecule has 0 spiro atoms. The summed E-state index contributed by atoms with van der Waals surface area (Å²) >= 11 is 0. The van der Waals surface area contributed by atoms with Crippen LogP contribution in [0.15, 0.2) is 43.5 Å². The lowest BCUT2D eigenvalue weighted by Gasteiger charge is -2.27. The fourth-order valence-corrected chi connectivity index (χ4v) is 4.84. The summed E-state index contributed by atoms with van der Waals surface area (Å²) < 4.78 is 11.5. The Morgan fingerprint density at radius 1 is 1.04 bits per heavy atom. The molecule has 4 heteroatoms. The van der Waals surface area contributed by atoms with E-state index in [9.17, 15) is 9.59 Å². The normalized spacial score (nSPS) is 22.4. The second kappa shape index (κ2) is 6.38. The van der Waals surface area contributed by atoms with Crippen molar-refractivity contribution >= 4 is 22.7 Å². The van der Waals surface area contributed by atoms with Crippen molar-refractivity contribution in [2.45, 2.75) is 38.5 Å². The highest BCUT2D eigenvalue weighted by Gasteiger charge is 2.47. The van der Waals surface area contributed by atoms with Gasteiger partial charge in [-0.2, -0.15) is 0 Å². The molecule has 3 unspecified atom stereocenters. The van der Waals surface area contributed by atoms with Gasteiger partial charge in [0.25, 0.3) is 0 Å². The zero-order chi connectivity index (χ0) is 19.3. The number of hydrogen-bond donors (Lipinski definition) is 0. The number of benzene rings is 2. The van der Waals surface area contributed by atoms with Gasteiger partial charge in [0, 0.05) is 34.1 Å². The predicted molar refractivity (Wildman–Crippen MR) is 104 cm³/mol. The first kappa shape index (κ1) is 17.5. The Hall–Kier alpha value is -2.88. The minimum atomic E-state index is -0.480. The molecule has 0 N–H and O–H groups in total. The first-order chi connectivity index (χ1) is 13.0. The first-order valence-corrected chi connectivity index (χ1v) is 9.23. The Kier molecular flexibility index (Phi) is 4.14. The van der Waals surface area contributed by atoms with Crippen LogP contribution in [0, 0.1) is 12.8 Å². The molecule has 1 fully saturated rings. The summed E-state index contributed by atoms with van der Waals surface area (Å²) in [6.45, 7) is 11.2. The molecule has 0 heterocycles. The summed E-state index contributed by atoms with van der Waals surface area (Å²) in [5.74, 6) is 1.32. The molecule has 1 saturated carbocycles. The van der Waals surface area contributed by atoms with Gasteiger partial charge in [0.1, 0.15) is 11.5 Å². The molecule has 0 aliphatic heterocycles. The van der Waals surface area contributed by atoms with Gasteiger partial charge in [0.15, 0.2) is 0 Å². The van der Waals surface area contributed by atoms with Gasteiger partial charge in [-0.1, -0.05) is 38.3 Å². The number of hydrogen-bond acceptors (Lipinski definition) is 4. The van der Waals surface area contributed by atoms with Crippen molar-refractivity contribution in [1.82, 2.24) is 0 Å². The van der Waals surface area contributed by atoms with Crippen LogP contribution in [-0.4, -0.2) is 11.9 Å². The molecule has 27 heavy (non-hydrogen) atoms. The average Bonchev–Trinajstić information content (AvgIpc) is 3.21. The molecule has 2 aromatic carbocycles. The highest BCUT2D eigenvalue weighted by atomic mass is 16.5. The lowest BCUT2D eigenvalue weighted by Crippen LogP contribution is -2.15. The van der Waals surface area contributed by atoms with Gasteiger partial charge in [-0.3, -0.25) is 0 Å². The molecular weight excluding hydrogens is 340 g/mol. The lowest BCUT2D eigenvalue weighted by molar-refractivity contribution is -0.130. The maximum atomic E-state index is 12.1. The van der Waals surface area contributed by atoms with E-state index in [4.69, 9.17) is 9.47 Å². The van der Waals surface area contributed by atoms with Crippen molar-refractivity contribution in [3.8, 4) is 11.5 Å². The molecule has 0 amide bonds. The van der Waals surface area contributed by atoms with Crippen molar-refractivity contribution in [1.29, 1.82) is 0 Å². The van der Waals surface area contributed by atoms with E-state index in [2.05, 4.69) is 20.1 Å². The Bertz CT molecular complexity index is 1000. The second-order valence-electron chi connectivity index (χ2n) is 7.49. The Morgan fingerprint density at radius 2 is 1.70 bits per heavy atom. The topological polar surface area (TPSA) is 52.6 Å². The predicted octanol–water partition coefficient (Wildman–Crippen LogP) is 4.94. The number of aryl methyl sites for hydroxylation is 1. The molecule has 2 aliphatic carbocycles. The van der Waals surface area contributed by atoms with Crippen LogP contribution in [0.25, 0.3) is 10.8 Å². The smallest absolute Gasteiger partial charge is 0.335 e. The number of esters is 2. The monoisotopic (exact) mass is 362 g/mol. The van der Waals surface area contributed by atoms with Gasteiger partial charge in [-0.05, 0) is 43.1 Å². The van der Waals surface area contributed by atoms with Crippen LogP contribution in [0.3, 0.4) is 0 Å². The van der Waals surface area contributed by atoms with E-state index in [-0.39, 0.29) is 0 Å². The van der Waals surface area contributed by atoms with Crippen LogP contribution in [-0.2, 0) is 9.59 Å². The number of fused-ring (bicyclic) bond motifs is 6. The fourth-order valence-electron chi connectivity index (χ4n) is 4.84. The van der Waals surface area contributed by atoms with Crippen molar-refractivity contribution in [3.63, 3.8) is 0 Å². The summed E-state index contributed by atoms with van der Waals surface area (Å²) in [4.78, 5) is 24.1. The van der Waals surface area contributed by atoms with E-state index >= 15 is 0 Å². The maximum Gasteiger partial charge on any atom is 0.335 e. The van der Waals surface area contributed by atoms with Crippen molar-refractivity contribution < 1.29 is 19.1 Å². The maximum absolute atomic E-state index is 12.1. The molecule has 4 rings (SSSR count). The van der Waals surface area contributed by atoms with Gasteiger partial charge < -0.3 is 9.47 Å². The molecule has 2 aliphatic rings. The van der Waals surface area contributed by atoms with Crippen LogP contribution < -0.4 is 9.47 Å². The third-order valence-electron chi connectivity index (χ3n) is 5.92. The zero-order valence-electron chi connectivity index (χ0n) is 15.6. The molecule has 2 aromatic rings. The SMILES string of the molecule is C=CC(=O)Oc1c2c(c(OC(=O)C=C)c3c(C)cccc13)C1CC(C)C2C1. The van der Waals surface area contributed by atoms with Crippen LogP contribution in [0.5, 0.6) is 11.5 Å². The molecule has 4 nitrogen and oxygen atoms in total. The van der Waals surface area contributed by atoms with Crippen LogP contribution in [0.2, 0.25) is 0 Å².